The molecule has 0 heterocycles. The summed E-state index contributed by atoms with van der Waals surface area (Å²) in [5.74, 6) is -0.476. The van der Waals surface area contributed by atoms with Crippen LogP contribution in [0.15, 0.2) is 0 Å². The minimum absolute atomic E-state index is 0.123. The molecule has 0 rings (SSSR count). The summed E-state index contributed by atoms with van der Waals surface area (Å²) in [6.45, 7) is 5.38. The maximum Gasteiger partial charge on any atom is 0.305 e. The Morgan fingerprint density at radius 1 is 1.36 bits per heavy atom. The van der Waals surface area contributed by atoms with Gasteiger partial charge in [0.25, 0.3) is 0 Å². The van der Waals surface area contributed by atoms with Crippen LogP contribution in [0.25, 0.3) is 0 Å². The van der Waals surface area contributed by atoms with Gasteiger partial charge < -0.3 is 9.47 Å². The number of ether oxygens (including phenoxy) is 2. The Labute approximate surface area is 84.6 Å². The van der Waals surface area contributed by atoms with Crippen LogP contribution in [-0.2, 0) is 19.1 Å². The maximum atomic E-state index is 10.9. The van der Waals surface area contributed by atoms with Crippen molar-refractivity contribution in [3.63, 3.8) is 0 Å². The number of hydrogen-bond donors (Lipinski definition) is 0. The van der Waals surface area contributed by atoms with Gasteiger partial charge in [-0.15, -0.1) is 0 Å². The average Bonchev–Trinajstić information content (AvgIpc) is 2.02. The number of esters is 2. The van der Waals surface area contributed by atoms with Gasteiger partial charge in [0.15, 0.2) is 0 Å². The zero-order chi connectivity index (χ0) is 11.0. The zero-order valence-corrected chi connectivity index (χ0v) is 9.04. The van der Waals surface area contributed by atoms with Crippen LogP contribution in [0.2, 0.25) is 0 Å². The molecule has 0 radical (unpaired) electrons. The molecule has 14 heavy (non-hydrogen) atoms. The Hall–Kier alpha value is -1.06. The lowest BCUT2D eigenvalue weighted by molar-refractivity contribution is -0.145. The smallest absolute Gasteiger partial charge is 0.305 e. The van der Waals surface area contributed by atoms with E-state index in [9.17, 15) is 9.59 Å². The van der Waals surface area contributed by atoms with E-state index < -0.39 is 0 Å². The van der Waals surface area contributed by atoms with Gasteiger partial charge >= 0.3 is 11.9 Å². The standard InChI is InChI=1S/C10H18O4/c1-4-13-10(12)7-5-6-8(2)14-9(3)11/h8H,4-7H2,1-3H3. The fourth-order valence-electron chi connectivity index (χ4n) is 1.11. The maximum absolute atomic E-state index is 10.9. The van der Waals surface area contributed by atoms with Gasteiger partial charge in [0.2, 0.25) is 0 Å². The van der Waals surface area contributed by atoms with E-state index in [1.54, 1.807) is 6.92 Å². The summed E-state index contributed by atoms with van der Waals surface area (Å²) in [7, 11) is 0. The highest BCUT2D eigenvalue weighted by Gasteiger charge is 2.07. The largest absolute Gasteiger partial charge is 0.466 e. The average molecular weight is 202 g/mol. The summed E-state index contributed by atoms with van der Waals surface area (Å²) in [5, 5.41) is 0. The predicted octanol–water partition coefficient (Wildman–Crippen LogP) is 1.67. The first-order valence-electron chi connectivity index (χ1n) is 4.89. The van der Waals surface area contributed by atoms with Crippen LogP contribution in [0.5, 0.6) is 0 Å². The molecule has 4 heteroatoms. The second-order valence-electron chi connectivity index (χ2n) is 3.12. The van der Waals surface area contributed by atoms with Crippen molar-refractivity contribution in [1.82, 2.24) is 0 Å². The first-order valence-corrected chi connectivity index (χ1v) is 4.89. The van der Waals surface area contributed by atoms with Crippen molar-refractivity contribution in [3.05, 3.63) is 0 Å². The Bertz CT molecular complexity index is 189. The first kappa shape index (κ1) is 12.9. The van der Waals surface area contributed by atoms with Gasteiger partial charge in [-0.2, -0.15) is 0 Å². The monoisotopic (exact) mass is 202 g/mol. The van der Waals surface area contributed by atoms with Crippen molar-refractivity contribution in [2.45, 2.75) is 46.1 Å². The van der Waals surface area contributed by atoms with Crippen LogP contribution in [-0.4, -0.2) is 24.6 Å². The molecule has 0 N–H and O–H groups in total. The predicted molar refractivity (Wildman–Crippen MR) is 51.7 cm³/mol. The van der Waals surface area contributed by atoms with Gasteiger partial charge in [0, 0.05) is 13.3 Å². The van der Waals surface area contributed by atoms with Crippen LogP contribution < -0.4 is 0 Å². The second kappa shape index (κ2) is 7.35. The summed E-state index contributed by atoms with van der Waals surface area (Å²) < 4.78 is 9.66. The van der Waals surface area contributed by atoms with E-state index in [0.717, 1.165) is 0 Å². The number of carbonyl (C=O) groups excluding carboxylic acids is 2. The molecule has 0 saturated heterocycles. The summed E-state index contributed by atoms with van der Waals surface area (Å²) in [6, 6.07) is 0. The molecule has 0 saturated carbocycles. The molecule has 0 aliphatic heterocycles. The Morgan fingerprint density at radius 2 is 2.00 bits per heavy atom. The fraction of sp³-hybridized carbons (Fsp3) is 0.800. The van der Waals surface area contributed by atoms with E-state index in [0.29, 0.717) is 25.9 Å². The third-order valence-corrected chi connectivity index (χ3v) is 1.66. The molecule has 1 atom stereocenters. The van der Waals surface area contributed by atoms with Crippen LogP contribution in [0.3, 0.4) is 0 Å². The van der Waals surface area contributed by atoms with Crippen molar-refractivity contribution < 1.29 is 19.1 Å². The summed E-state index contributed by atoms with van der Waals surface area (Å²) >= 11 is 0. The van der Waals surface area contributed by atoms with Gasteiger partial charge in [0.1, 0.15) is 0 Å². The molecule has 0 fully saturated rings. The van der Waals surface area contributed by atoms with E-state index in [1.807, 2.05) is 6.92 Å². The molecule has 0 amide bonds. The second-order valence-corrected chi connectivity index (χ2v) is 3.12. The molecule has 82 valence electrons. The van der Waals surface area contributed by atoms with Crippen molar-refractivity contribution in [2.24, 2.45) is 0 Å². The van der Waals surface area contributed by atoms with Crippen LogP contribution in [0.4, 0.5) is 0 Å². The van der Waals surface area contributed by atoms with Crippen LogP contribution in [0.1, 0.15) is 40.0 Å². The first-order chi connectivity index (χ1) is 6.56. The van der Waals surface area contributed by atoms with E-state index in [2.05, 4.69) is 0 Å². The highest BCUT2D eigenvalue weighted by atomic mass is 16.5. The topological polar surface area (TPSA) is 52.6 Å². The summed E-state index contributed by atoms with van der Waals surface area (Å²) in [4.78, 5) is 21.5. The number of carbonyl (C=O) groups is 2. The van der Waals surface area contributed by atoms with Crippen LogP contribution in [0, 0.1) is 0 Å². The molecule has 1 unspecified atom stereocenters. The van der Waals surface area contributed by atoms with Crippen molar-refractivity contribution >= 4 is 11.9 Å². The van der Waals surface area contributed by atoms with Crippen LogP contribution >= 0.6 is 0 Å². The van der Waals surface area contributed by atoms with Crippen molar-refractivity contribution in [1.29, 1.82) is 0 Å². The molecule has 0 bridgehead atoms. The van der Waals surface area contributed by atoms with Crippen molar-refractivity contribution in [2.75, 3.05) is 6.61 Å². The Morgan fingerprint density at radius 3 is 2.50 bits per heavy atom. The fourth-order valence-corrected chi connectivity index (χ4v) is 1.11. The lowest BCUT2D eigenvalue weighted by Crippen LogP contribution is -2.13. The molecule has 0 aliphatic rings. The molecule has 0 aliphatic carbocycles. The minimum atomic E-state index is -0.284. The van der Waals surface area contributed by atoms with E-state index in [1.165, 1.54) is 6.92 Å². The summed E-state index contributed by atoms with van der Waals surface area (Å²) in [5.41, 5.74) is 0. The third-order valence-electron chi connectivity index (χ3n) is 1.66. The highest BCUT2D eigenvalue weighted by Crippen LogP contribution is 2.05. The third kappa shape index (κ3) is 7.58. The van der Waals surface area contributed by atoms with Gasteiger partial charge in [0.05, 0.1) is 12.7 Å². The van der Waals surface area contributed by atoms with Gasteiger partial charge in [-0.3, -0.25) is 9.59 Å². The van der Waals surface area contributed by atoms with E-state index in [4.69, 9.17) is 9.47 Å². The number of hydrogen-bond acceptors (Lipinski definition) is 4. The quantitative estimate of drug-likeness (QED) is 0.615. The molecule has 4 nitrogen and oxygen atoms in total. The minimum Gasteiger partial charge on any atom is -0.466 e. The molecule has 0 aromatic rings. The Kier molecular flexibility index (Phi) is 6.80. The molecule has 0 spiro atoms. The lowest BCUT2D eigenvalue weighted by atomic mass is 10.2. The normalized spacial score (nSPS) is 11.9. The molecule has 0 aromatic carbocycles. The zero-order valence-electron chi connectivity index (χ0n) is 9.04. The van der Waals surface area contributed by atoms with Crippen molar-refractivity contribution in [3.8, 4) is 0 Å². The SMILES string of the molecule is CCOC(=O)CCCC(C)OC(C)=O. The highest BCUT2D eigenvalue weighted by molar-refractivity contribution is 5.69. The van der Waals surface area contributed by atoms with Gasteiger partial charge in [-0.25, -0.2) is 0 Å². The molecular formula is C10H18O4. The van der Waals surface area contributed by atoms with Gasteiger partial charge in [-0.05, 0) is 26.7 Å². The number of rotatable bonds is 6. The lowest BCUT2D eigenvalue weighted by Gasteiger charge is -2.10. The van der Waals surface area contributed by atoms with E-state index >= 15 is 0 Å². The summed E-state index contributed by atoms with van der Waals surface area (Å²) in [6.07, 6.45) is 1.65. The Balaban J connectivity index is 3.43. The van der Waals surface area contributed by atoms with E-state index in [-0.39, 0.29) is 18.0 Å². The van der Waals surface area contributed by atoms with Gasteiger partial charge in [-0.1, -0.05) is 0 Å². The molecular weight excluding hydrogens is 184 g/mol. The molecule has 0 aromatic heterocycles.